The molecule has 0 unspecified atom stereocenters. The van der Waals surface area contributed by atoms with Gasteiger partial charge in [0.15, 0.2) is 0 Å². The van der Waals surface area contributed by atoms with Gasteiger partial charge in [-0.05, 0) is 89.0 Å². The highest BCUT2D eigenvalue weighted by Gasteiger charge is 2.20. The summed E-state index contributed by atoms with van der Waals surface area (Å²) < 4.78 is 11.2. The van der Waals surface area contributed by atoms with Gasteiger partial charge in [0.05, 0.1) is 21.9 Å². The van der Waals surface area contributed by atoms with Gasteiger partial charge < -0.3 is 8.98 Å². The van der Waals surface area contributed by atoms with E-state index in [-0.39, 0.29) is 0 Å². The highest BCUT2D eigenvalue weighted by molar-refractivity contribution is 6.20. The minimum Gasteiger partial charge on any atom is -0.439 e. The van der Waals surface area contributed by atoms with Crippen molar-refractivity contribution >= 4 is 54.8 Å². The zero-order valence-electron chi connectivity index (χ0n) is 25.5. The Labute approximate surface area is 271 Å². The summed E-state index contributed by atoms with van der Waals surface area (Å²) in [6, 6.07) is 60.7. The van der Waals surface area contributed by atoms with Crippen LogP contribution in [-0.4, -0.2) is 9.13 Å². The van der Waals surface area contributed by atoms with E-state index in [0.29, 0.717) is 0 Å². The van der Waals surface area contributed by atoms with Crippen molar-refractivity contribution in [2.75, 3.05) is 0 Å². The van der Waals surface area contributed by atoms with Crippen LogP contribution in [-0.2, 0) is 0 Å². The molecule has 0 aliphatic carbocycles. The van der Waals surface area contributed by atoms with Crippen LogP contribution in [0.4, 0.5) is 0 Å². The summed E-state index contributed by atoms with van der Waals surface area (Å²) in [6.45, 7) is 0. The van der Waals surface area contributed by atoms with Crippen molar-refractivity contribution in [3.05, 3.63) is 170 Å². The number of rotatable bonds is 4. The summed E-state index contributed by atoms with van der Waals surface area (Å²) in [5.41, 5.74) is 12.3. The van der Waals surface area contributed by atoms with Crippen LogP contribution in [0.15, 0.2) is 174 Å². The van der Waals surface area contributed by atoms with Crippen molar-refractivity contribution in [1.29, 1.82) is 0 Å². The van der Waals surface area contributed by atoms with E-state index in [4.69, 9.17) is 4.42 Å². The maximum atomic E-state index is 6.61. The zero-order valence-corrected chi connectivity index (χ0v) is 25.5. The van der Waals surface area contributed by atoms with Crippen molar-refractivity contribution in [2.45, 2.75) is 0 Å². The van der Waals surface area contributed by atoms with E-state index in [1.54, 1.807) is 0 Å². The lowest BCUT2D eigenvalue weighted by molar-refractivity contribution is 0.645. The molecule has 0 aliphatic heterocycles. The van der Waals surface area contributed by atoms with Crippen molar-refractivity contribution in [3.63, 3.8) is 0 Å². The predicted molar refractivity (Wildman–Crippen MR) is 196 cm³/mol. The second-order valence-corrected chi connectivity index (χ2v) is 12.2. The highest BCUT2D eigenvalue weighted by Crippen LogP contribution is 2.42. The second kappa shape index (κ2) is 10.1. The Kier molecular flexibility index (Phi) is 5.57. The van der Waals surface area contributed by atoms with Gasteiger partial charge in [0.25, 0.3) is 0 Å². The number of hydrogen-bond acceptors (Lipinski definition) is 1. The lowest BCUT2D eigenvalue weighted by atomic mass is 9.99. The van der Waals surface area contributed by atoms with Gasteiger partial charge in [-0.15, -0.1) is 0 Å². The second-order valence-electron chi connectivity index (χ2n) is 12.2. The molecular weight excluding hydrogens is 572 g/mol. The third-order valence-electron chi connectivity index (χ3n) is 9.52. The average Bonchev–Trinajstić information content (AvgIpc) is 3.78. The maximum Gasteiger partial charge on any atom is 0.213 e. The molecule has 0 saturated heterocycles. The smallest absolute Gasteiger partial charge is 0.213 e. The van der Waals surface area contributed by atoms with E-state index in [9.17, 15) is 0 Å². The molecule has 0 spiro atoms. The maximum absolute atomic E-state index is 6.61. The number of nitrogens with zero attached hydrogens (tertiary/aromatic N) is 2. The third kappa shape index (κ3) is 3.93. The fraction of sp³-hybridized carbons (Fsp3) is 0. The quantitative estimate of drug-likeness (QED) is 0.197. The molecule has 47 heavy (non-hydrogen) atoms. The highest BCUT2D eigenvalue weighted by atomic mass is 16.3. The summed E-state index contributed by atoms with van der Waals surface area (Å²) in [4.78, 5) is 0. The van der Waals surface area contributed by atoms with Crippen molar-refractivity contribution < 1.29 is 4.42 Å². The lowest BCUT2D eigenvalue weighted by Crippen LogP contribution is -1.93. The van der Waals surface area contributed by atoms with E-state index >= 15 is 0 Å². The zero-order chi connectivity index (χ0) is 30.9. The Morgan fingerprint density at radius 2 is 0.830 bits per heavy atom. The molecule has 3 aromatic heterocycles. The Bertz CT molecular complexity index is 2770. The number of benzene rings is 7. The molecule has 220 valence electrons. The predicted octanol–water partition coefficient (Wildman–Crippen LogP) is 12.0. The van der Waals surface area contributed by atoms with Gasteiger partial charge in [-0.1, -0.05) is 103 Å². The molecule has 0 aliphatic rings. The molecule has 0 N–H and O–H groups in total. The minimum atomic E-state index is 0.874. The van der Waals surface area contributed by atoms with Gasteiger partial charge in [0.2, 0.25) is 5.71 Å². The van der Waals surface area contributed by atoms with Crippen LogP contribution in [0.1, 0.15) is 0 Å². The fourth-order valence-corrected chi connectivity index (χ4v) is 7.37. The molecule has 7 aromatic carbocycles. The molecule has 10 rings (SSSR count). The van der Waals surface area contributed by atoms with E-state index in [0.717, 1.165) is 39.0 Å². The number of para-hydroxylation sites is 3. The summed E-state index contributed by atoms with van der Waals surface area (Å²) in [7, 11) is 0. The average molecular weight is 601 g/mol. The fourth-order valence-electron chi connectivity index (χ4n) is 7.37. The van der Waals surface area contributed by atoms with Crippen molar-refractivity contribution in [1.82, 2.24) is 9.13 Å². The Morgan fingerprint density at radius 1 is 0.340 bits per heavy atom. The number of hydrogen-bond donors (Lipinski definition) is 0. The monoisotopic (exact) mass is 600 g/mol. The number of aromatic nitrogens is 2. The molecule has 3 nitrogen and oxygen atoms in total. The van der Waals surface area contributed by atoms with Gasteiger partial charge in [0.1, 0.15) is 5.58 Å². The molecule has 0 bridgehead atoms. The van der Waals surface area contributed by atoms with Gasteiger partial charge in [-0.3, -0.25) is 4.57 Å². The van der Waals surface area contributed by atoms with Crippen LogP contribution in [0.5, 0.6) is 0 Å². The molecule has 0 atom stereocenters. The van der Waals surface area contributed by atoms with E-state index < -0.39 is 0 Å². The summed E-state index contributed by atoms with van der Waals surface area (Å²) >= 11 is 0. The molecule has 0 radical (unpaired) electrons. The first-order valence-corrected chi connectivity index (χ1v) is 16.0. The molecule has 10 aromatic rings. The van der Waals surface area contributed by atoms with Crippen LogP contribution in [0.3, 0.4) is 0 Å². The minimum absolute atomic E-state index is 0.874. The molecule has 0 saturated carbocycles. The van der Waals surface area contributed by atoms with E-state index in [2.05, 4.69) is 173 Å². The van der Waals surface area contributed by atoms with Gasteiger partial charge in [-0.25, -0.2) is 0 Å². The Hall–Kier alpha value is -6.32. The first-order valence-electron chi connectivity index (χ1n) is 16.0. The van der Waals surface area contributed by atoms with Gasteiger partial charge in [-0.2, -0.15) is 0 Å². The van der Waals surface area contributed by atoms with Crippen LogP contribution in [0, 0.1) is 0 Å². The summed E-state index contributed by atoms with van der Waals surface area (Å²) in [5.74, 6) is 0. The first kappa shape index (κ1) is 26.0. The molecular formula is C44H28N2O. The number of furan rings is 1. The van der Waals surface area contributed by atoms with Crippen LogP contribution >= 0.6 is 0 Å². The SMILES string of the molecule is c1ccc(-c2ccc3c(c2)c2cc(-c4ccc5oc6c(c5c4)c4ccccc4n6-c4ccccc4)ccc2n3-c2ccccc2)cc1. The molecule has 0 fully saturated rings. The van der Waals surface area contributed by atoms with Gasteiger partial charge in [0, 0.05) is 32.9 Å². The van der Waals surface area contributed by atoms with E-state index in [1.165, 1.54) is 49.4 Å². The molecule has 3 heterocycles. The lowest BCUT2D eigenvalue weighted by Gasteiger charge is -2.08. The summed E-state index contributed by atoms with van der Waals surface area (Å²) in [5, 5.41) is 5.94. The van der Waals surface area contributed by atoms with Gasteiger partial charge >= 0.3 is 0 Å². The topological polar surface area (TPSA) is 23.0 Å². The van der Waals surface area contributed by atoms with E-state index in [1.807, 2.05) is 6.07 Å². The first-order chi connectivity index (χ1) is 23.3. The molecule has 3 heteroatoms. The Morgan fingerprint density at radius 3 is 1.49 bits per heavy atom. The standard InChI is InChI=1S/C44H28N2O/c1-4-12-29(13-5-1)30-20-23-40-36(26-30)37-27-31(21-24-41(37)45(40)33-14-6-2-7-15-33)32-22-25-42-38(28-32)43-35-18-10-11-19-39(35)46(44(43)47-42)34-16-8-3-9-17-34/h1-28H. The van der Waals surface area contributed by atoms with Crippen molar-refractivity contribution in [3.8, 4) is 33.6 Å². The van der Waals surface area contributed by atoms with Crippen LogP contribution < -0.4 is 0 Å². The largest absolute Gasteiger partial charge is 0.439 e. The number of fused-ring (bicyclic) bond motifs is 8. The van der Waals surface area contributed by atoms with Crippen LogP contribution in [0.25, 0.3) is 88.4 Å². The molecule has 0 amide bonds. The summed E-state index contributed by atoms with van der Waals surface area (Å²) in [6.07, 6.45) is 0. The normalized spacial score (nSPS) is 11.8. The van der Waals surface area contributed by atoms with Crippen molar-refractivity contribution in [2.24, 2.45) is 0 Å². The Balaban J connectivity index is 1.21. The third-order valence-corrected chi connectivity index (χ3v) is 9.52. The van der Waals surface area contributed by atoms with Crippen LogP contribution in [0.2, 0.25) is 0 Å².